The lowest BCUT2D eigenvalue weighted by molar-refractivity contribution is 0.0694. The smallest absolute Gasteiger partial charge is 0.339 e. The normalized spacial score (nSPS) is 10.6. The Morgan fingerprint density at radius 1 is 1.14 bits per heavy atom. The van der Waals surface area contributed by atoms with Crippen molar-refractivity contribution in [1.29, 1.82) is 0 Å². The topological polar surface area (TPSA) is 95.3 Å². The Balaban J connectivity index is 2.03. The molecule has 2 aromatic carbocycles. The predicted octanol–water partition coefficient (Wildman–Crippen LogP) is 3.43. The minimum Gasteiger partial charge on any atom is -0.507 e. The molecular formula is C15H10ClN3O3. The van der Waals surface area contributed by atoms with Gasteiger partial charge in [-0.2, -0.15) is 4.98 Å². The van der Waals surface area contributed by atoms with Gasteiger partial charge in [0.05, 0.1) is 5.52 Å². The molecule has 0 saturated carbocycles. The molecule has 0 aliphatic heterocycles. The molecule has 0 fully saturated rings. The van der Waals surface area contributed by atoms with Crippen LogP contribution in [0.1, 0.15) is 10.4 Å². The first-order valence-electron chi connectivity index (χ1n) is 6.30. The molecule has 1 aromatic heterocycles. The van der Waals surface area contributed by atoms with E-state index in [1.807, 2.05) is 18.2 Å². The first-order chi connectivity index (χ1) is 10.5. The Hall–Kier alpha value is -2.86. The van der Waals surface area contributed by atoms with Gasteiger partial charge in [0.25, 0.3) is 0 Å². The van der Waals surface area contributed by atoms with Gasteiger partial charge >= 0.3 is 5.97 Å². The van der Waals surface area contributed by atoms with Gasteiger partial charge in [-0.25, -0.2) is 9.78 Å². The number of aromatic hydroxyl groups is 1. The Morgan fingerprint density at radius 2 is 1.91 bits per heavy atom. The maximum absolute atomic E-state index is 10.9. The van der Waals surface area contributed by atoms with Crippen LogP contribution in [0.15, 0.2) is 42.5 Å². The van der Waals surface area contributed by atoms with Crippen LogP contribution in [0, 0.1) is 0 Å². The number of fused-ring (bicyclic) bond motifs is 1. The second-order valence-corrected chi connectivity index (χ2v) is 4.86. The van der Waals surface area contributed by atoms with Crippen LogP contribution in [0.3, 0.4) is 0 Å². The summed E-state index contributed by atoms with van der Waals surface area (Å²) in [4.78, 5) is 19.1. The minimum absolute atomic E-state index is 0.0904. The predicted molar refractivity (Wildman–Crippen MR) is 82.9 cm³/mol. The van der Waals surface area contributed by atoms with Crippen LogP contribution in [0.5, 0.6) is 5.75 Å². The molecule has 0 amide bonds. The molecule has 3 aromatic rings. The number of phenols is 1. The Kier molecular flexibility index (Phi) is 3.52. The Labute approximate surface area is 130 Å². The zero-order valence-electron chi connectivity index (χ0n) is 11.1. The summed E-state index contributed by atoms with van der Waals surface area (Å²) in [5, 5.41) is 22.5. The summed E-state index contributed by atoms with van der Waals surface area (Å²) < 4.78 is 0. The van der Waals surface area contributed by atoms with Crippen LogP contribution in [0.4, 0.5) is 11.5 Å². The van der Waals surface area contributed by atoms with E-state index in [-0.39, 0.29) is 16.6 Å². The molecule has 22 heavy (non-hydrogen) atoms. The fourth-order valence-electron chi connectivity index (χ4n) is 2.07. The lowest BCUT2D eigenvalue weighted by atomic mass is 10.1. The fourth-order valence-corrected chi connectivity index (χ4v) is 2.25. The second-order valence-electron chi connectivity index (χ2n) is 4.52. The van der Waals surface area contributed by atoms with Crippen molar-refractivity contribution in [2.24, 2.45) is 0 Å². The van der Waals surface area contributed by atoms with E-state index in [0.29, 0.717) is 17.0 Å². The summed E-state index contributed by atoms with van der Waals surface area (Å²) in [6.07, 6.45) is 0. The third-order valence-corrected chi connectivity index (χ3v) is 3.24. The van der Waals surface area contributed by atoms with E-state index < -0.39 is 5.97 Å². The third kappa shape index (κ3) is 2.64. The van der Waals surface area contributed by atoms with Crippen molar-refractivity contribution in [1.82, 2.24) is 9.97 Å². The molecule has 0 spiro atoms. The molecule has 110 valence electrons. The van der Waals surface area contributed by atoms with Gasteiger partial charge in [-0.3, -0.25) is 0 Å². The fraction of sp³-hybridized carbons (Fsp3) is 0. The number of para-hydroxylation sites is 1. The van der Waals surface area contributed by atoms with Crippen molar-refractivity contribution in [2.45, 2.75) is 0 Å². The maximum atomic E-state index is 10.9. The van der Waals surface area contributed by atoms with Crippen LogP contribution in [-0.2, 0) is 0 Å². The number of aromatic nitrogens is 2. The monoisotopic (exact) mass is 315 g/mol. The number of nitrogens with zero attached hydrogens (tertiary/aromatic N) is 2. The van der Waals surface area contributed by atoms with Crippen molar-refractivity contribution < 1.29 is 15.0 Å². The summed E-state index contributed by atoms with van der Waals surface area (Å²) in [5.74, 6) is -1.06. The first-order valence-corrected chi connectivity index (χ1v) is 6.68. The first kappa shape index (κ1) is 14.1. The van der Waals surface area contributed by atoms with E-state index in [1.54, 1.807) is 6.07 Å². The Morgan fingerprint density at radius 3 is 2.64 bits per heavy atom. The number of carbonyl (C=O) groups is 1. The summed E-state index contributed by atoms with van der Waals surface area (Å²) in [5.41, 5.74) is 0.995. The minimum atomic E-state index is -1.19. The number of carboxylic acid groups (broad SMARTS) is 1. The van der Waals surface area contributed by atoms with Gasteiger partial charge in [0.1, 0.15) is 17.1 Å². The van der Waals surface area contributed by atoms with E-state index in [9.17, 15) is 9.90 Å². The summed E-state index contributed by atoms with van der Waals surface area (Å²) in [6, 6.07) is 11.5. The standard InChI is InChI=1S/C15H10ClN3O3/c16-15-18-11-4-2-1-3-9(11)13(19-15)17-8-5-6-10(14(21)22)12(20)7-8/h1-7,20H,(H,21,22)(H,17,18,19). The molecule has 0 unspecified atom stereocenters. The molecule has 6 nitrogen and oxygen atoms in total. The number of benzene rings is 2. The van der Waals surface area contributed by atoms with Crippen molar-refractivity contribution in [3.8, 4) is 5.75 Å². The molecule has 0 radical (unpaired) electrons. The quantitative estimate of drug-likeness (QED) is 0.641. The number of rotatable bonds is 3. The van der Waals surface area contributed by atoms with Crippen LogP contribution in [0.2, 0.25) is 5.28 Å². The van der Waals surface area contributed by atoms with Crippen LogP contribution >= 0.6 is 11.6 Å². The summed E-state index contributed by atoms with van der Waals surface area (Å²) in [7, 11) is 0. The zero-order chi connectivity index (χ0) is 15.7. The lowest BCUT2D eigenvalue weighted by Gasteiger charge is -2.10. The van der Waals surface area contributed by atoms with Crippen molar-refractivity contribution in [3.63, 3.8) is 0 Å². The second kappa shape index (κ2) is 5.50. The van der Waals surface area contributed by atoms with Crippen molar-refractivity contribution >= 4 is 40.0 Å². The molecule has 0 aliphatic carbocycles. The number of halogens is 1. The summed E-state index contributed by atoms with van der Waals surface area (Å²) in [6.45, 7) is 0. The molecule has 3 N–H and O–H groups in total. The van der Waals surface area contributed by atoms with E-state index >= 15 is 0 Å². The van der Waals surface area contributed by atoms with E-state index in [2.05, 4.69) is 15.3 Å². The number of carboxylic acids is 1. The molecule has 7 heteroatoms. The molecule has 0 atom stereocenters. The number of hydrogen-bond acceptors (Lipinski definition) is 5. The van der Waals surface area contributed by atoms with Crippen molar-refractivity contribution in [3.05, 3.63) is 53.3 Å². The van der Waals surface area contributed by atoms with Gasteiger partial charge < -0.3 is 15.5 Å². The largest absolute Gasteiger partial charge is 0.507 e. The highest BCUT2D eigenvalue weighted by Gasteiger charge is 2.11. The molecule has 0 saturated heterocycles. The van der Waals surface area contributed by atoms with Gasteiger partial charge in [0, 0.05) is 17.1 Å². The van der Waals surface area contributed by atoms with Gasteiger partial charge in [-0.05, 0) is 35.9 Å². The lowest BCUT2D eigenvalue weighted by Crippen LogP contribution is -2.00. The number of aromatic carboxylic acids is 1. The van der Waals surface area contributed by atoms with E-state index in [4.69, 9.17) is 16.7 Å². The van der Waals surface area contributed by atoms with Gasteiger partial charge in [-0.1, -0.05) is 12.1 Å². The number of hydrogen-bond donors (Lipinski definition) is 3. The molecule has 0 aliphatic rings. The van der Waals surface area contributed by atoms with Gasteiger partial charge in [0.15, 0.2) is 0 Å². The summed E-state index contributed by atoms with van der Waals surface area (Å²) >= 11 is 5.90. The van der Waals surface area contributed by atoms with Gasteiger partial charge in [0.2, 0.25) is 5.28 Å². The van der Waals surface area contributed by atoms with Gasteiger partial charge in [-0.15, -0.1) is 0 Å². The molecule has 0 bridgehead atoms. The molecule has 3 rings (SSSR count). The molecule has 1 heterocycles. The maximum Gasteiger partial charge on any atom is 0.339 e. The average Bonchev–Trinajstić information content (AvgIpc) is 2.46. The Bertz CT molecular complexity index is 883. The highest BCUT2D eigenvalue weighted by molar-refractivity contribution is 6.28. The molecular weight excluding hydrogens is 306 g/mol. The number of anilines is 2. The van der Waals surface area contributed by atoms with E-state index in [0.717, 1.165) is 5.39 Å². The van der Waals surface area contributed by atoms with Crippen LogP contribution in [-0.4, -0.2) is 26.2 Å². The average molecular weight is 316 g/mol. The van der Waals surface area contributed by atoms with Crippen LogP contribution < -0.4 is 5.32 Å². The third-order valence-electron chi connectivity index (χ3n) is 3.07. The zero-order valence-corrected chi connectivity index (χ0v) is 11.9. The van der Waals surface area contributed by atoms with E-state index in [1.165, 1.54) is 18.2 Å². The highest BCUT2D eigenvalue weighted by atomic mass is 35.5. The SMILES string of the molecule is O=C(O)c1ccc(Nc2nc(Cl)nc3ccccc23)cc1O. The van der Waals surface area contributed by atoms with Crippen LogP contribution in [0.25, 0.3) is 10.9 Å². The highest BCUT2D eigenvalue weighted by Crippen LogP contribution is 2.28. The number of nitrogens with one attached hydrogen (secondary N) is 1. The van der Waals surface area contributed by atoms with Crippen molar-refractivity contribution in [2.75, 3.05) is 5.32 Å².